The Bertz CT molecular complexity index is 1020. The summed E-state index contributed by atoms with van der Waals surface area (Å²) in [5, 5.41) is 8.56. The lowest BCUT2D eigenvalue weighted by Gasteiger charge is -2.37. The van der Waals surface area contributed by atoms with Crippen molar-refractivity contribution in [3.05, 3.63) is 42.0 Å². The molecule has 0 bridgehead atoms. The first-order valence-corrected chi connectivity index (χ1v) is 12.2. The van der Waals surface area contributed by atoms with Gasteiger partial charge in [-0.3, -0.25) is 0 Å². The number of aromatic nitrogens is 3. The molecule has 3 aliphatic rings. The highest BCUT2D eigenvalue weighted by atomic mass is 32.2. The van der Waals surface area contributed by atoms with E-state index in [0.29, 0.717) is 18.5 Å². The second kappa shape index (κ2) is 7.37. The van der Waals surface area contributed by atoms with Gasteiger partial charge in [0.15, 0.2) is 0 Å². The molecule has 1 aromatic heterocycles. The van der Waals surface area contributed by atoms with Crippen LogP contribution in [0.3, 0.4) is 0 Å². The number of hydrogen-bond acceptors (Lipinski definition) is 4. The summed E-state index contributed by atoms with van der Waals surface area (Å²) < 4.78 is 57.6. The Morgan fingerprint density at radius 3 is 2.43 bits per heavy atom. The molecule has 2 saturated carbocycles. The molecule has 2 aliphatic carbocycles. The van der Waals surface area contributed by atoms with Crippen molar-refractivity contribution >= 4 is 10.0 Å². The summed E-state index contributed by atoms with van der Waals surface area (Å²) in [4.78, 5) is -0.328. The van der Waals surface area contributed by atoms with Crippen LogP contribution >= 0.6 is 0 Å². The Morgan fingerprint density at radius 2 is 1.77 bits per heavy atom. The van der Waals surface area contributed by atoms with Crippen molar-refractivity contribution in [3.63, 3.8) is 0 Å². The van der Waals surface area contributed by atoms with Crippen LogP contribution in [0.5, 0.6) is 0 Å². The predicted molar refractivity (Wildman–Crippen MR) is 106 cm³/mol. The van der Waals surface area contributed by atoms with Crippen LogP contribution in [-0.4, -0.2) is 40.6 Å². The molecule has 9 heteroatoms. The zero-order valence-electron chi connectivity index (χ0n) is 16.8. The summed E-state index contributed by atoms with van der Waals surface area (Å²) in [5.74, 6) is -0.334. The van der Waals surface area contributed by atoms with Crippen LogP contribution in [0.2, 0.25) is 0 Å². The third-order valence-electron chi connectivity index (χ3n) is 7.05. The lowest BCUT2D eigenvalue weighted by Crippen LogP contribution is -2.34. The van der Waals surface area contributed by atoms with Gasteiger partial charge in [-0.2, -0.15) is 4.31 Å². The van der Waals surface area contributed by atoms with Gasteiger partial charge in [0.25, 0.3) is 0 Å². The molecule has 0 N–H and O–H groups in total. The summed E-state index contributed by atoms with van der Waals surface area (Å²) in [6.45, 7) is 1.50. The average molecular weight is 437 g/mol. The number of nitrogens with zero attached hydrogens (tertiary/aromatic N) is 4. The van der Waals surface area contributed by atoms with Crippen LogP contribution in [0, 0.1) is 23.0 Å². The maximum absolute atomic E-state index is 13.7. The number of rotatable bonds is 5. The number of hydrogen-bond donors (Lipinski definition) is 0. The summed E-state index contributed by atoms with van der Waals surface area (Å²) in [6.07, 6.45) is 9.27. The Kier molecular flexibility index (Phi) is 4.93. The summed E-state index contributed by atoms with van der Waals surface area (Å²) in [5.41, 5.74) is -0.203. The zero-order chi connectivity index (χ0) is 20.9. The Balaban J connectivity index is 1.51. The third kappa shape index (κ3) is 3.56. The van der Waals surface area contributed by atoms with Gasteiger partial charge in [-0.1, -0.05) is 19.3 Å². The van der Waals surface area contributed by atoms with Crippen LogP contribution in [0.1, 0.15) is 56.7 Å². The molecule has 3 fully saturated rings. The van der Waals surface area contributed by atoms with Crippen LogP contribution < -0.4 is 0 Å². The van der Waals surface area contributed by atoms with Gasteiger partial charge in [0.1, 0.15) is 23.8 Å². The fourth-order valence-electron chi connectivity index (χ4n) is 5.30. The second-order valence-electron chi connectivity index (χ2n) is 9.16. The van der Waals surface area contributed by atoms with Crippen molar-refractivity contribution in [1.29, 1.82) is 0 Å². The highest BCUT2D eigenvalue weighted by molar-refractivity contribution is 7.89. The first-order valence-electron chi connectivity index (χ1n) is 10.7. The van der Waals surface area contributed by atoms with Gasteiger partial charge in [-0.15, -0.1) is 10.2 Å². The maximum atomic E-state index is 13.7. The lowest BCUT2D eigenvalue weighted by atomic mass is 9.67. The van der Waals surface area contributed by atoms with E-state index in [2.05, 4.69) is 14.8 Å². The van der Waals surface area contributed by atoms with Gasteiger partial charge in [0.05, 0.1) is 4.90 Å². The van der Waals surface area contributed by atoms with Gasteiger partial charge in [0.2, 0.25) is 10.0 Å². The molecule has 2 heterocycles. The molecular weight excluding hydrogens is 410 g/mol. The van der Waals surface area contributed by atoms with Gasteiger partial charge in [-0.25, -0.2) is 17.2 Å². The SMILES string of the molecule is O=S(=O)(c1cc(F)cc(F)c1)N1CC(c2nncn2CC2CC2)C2(CCCCC2)C1. The minimum atomic E-state index is -4.01. The fraction of sp³-hybridized carbons (Fsp3) is 0.619. The largest absolute Gasteiger partial charge is 0.317 e. The Morgan fingerprint density at radius 1 is 1.07 bits per heavy atom. The molecular formula is C21H26F2N4O2S. The summed E-state index contributed by atoms with van der Waals surface area (Å²) in [6, 6.07) is 2.48. The Labute approximate surface area is 175 Å². The topological polar surface area (TPSA) is 68.1 Å². The van der Waals surface area contributed by atoms with E-state index >= 15 is 0 Å². The zero-order valence-corrected chi connectivity index (χ0v) is 17.6. The molecule has 5 rings (SSSR count). The second-order valence-corrected chi connectivity index (χ2v) is 11.1. The monoisotopic (exact) mass is 436 g/mol. The van der Waals surface area contributed by atoms with Crippen molar-refractivity contribution in [1.82, 2.24) is 19.1 Å². The fourth-order valence-corrected chi connectivity index (χ4v) is 6.90. The van der Waals surface area contributed by atoms with E-state index < -0.39 is 21.7 Å². The number of halogens is 2. The van der Waals surface area contributed by atoms with E-state index in [1.165, 1.54) is 17.1 Å². The minimum Gasteiger partial charge on any atom is -0.317 e. The minimum absolute atomic E-state index is 0.0627. The van der Waals surface area contributed by atoms with Gasteiger partial charge in [0, 0.05) is 31.6 Å². The summed E-state index contributed by atoms with van der Waals surface area (Å²) in [7, 11) is -4.01. The van der Waals surface area contributed by atoms with Crippen molar-refractivity contribution in [3.8, 4) is 0 Å². The first kappa shape index (κ1) is 20.1. The van der Waals surface area contributed by atoms with E-state index in [1.807, 2.05) is 0 Å². The van der Waals surface area contributed by atoms with Gasteiger partial charge >= 0.3 is 0 Å². The van der Waals surface area contributed by atoms with Crippen molar-refractivity contribution in [2.75, 3.05) is 13.1 Å². The molecule has 1 atom stereocenters. The highest BCUT2D eigenvalue weighted by Crippen LogP contribution is 2.52. The third-order valence-corrected chi connectivity index (χ3v) is 8.84. The van der Waals surface area contributed by atoms with Crippen molar-refractivity contribution < 1.29 is 17.2 Å². The maximum Gasteiger partial charge on any atom is 0.243 e. The van der Waals surface area contributed by atoms with E-state index in [-0.39, 0.29) is 22.8 Å². The highest BCUT2D eigenvalue weighted by Gasteiger charge is 2.52. The van der Waals surface area contributed by atoms with Gasteiger partial charge in [-0.05, 0) is 49.1 Å². The molecule has 162 valence electrons. The normalized spacial score (nSPS) is 24.5. The lowest BCUT2D eigenvalue weighted by molar-refractivity contribution is 0.176. The van der Waals surface area contributed by atoms with Crippen LogP contribution in [0.15, 0.2) is 29.4 Å². The van der Waals surface area contributed by atoms with Crippen LogP contribution in [-0.2, 0) is 16.6 Å². The summed E-state index contributed by atoms with van der Waals surface area (Å²) >= 11 is 0. The first-order chi connectivity index (χ1) is 14.4. The average Bonchev–Trinajstić information content (AvgIpc) is 3.28. The standard InChI is InChI=1S/C21H26F2N4O2S/c22-16-8-17(23)10-18(9-16)30(28,29)27-12-19(21(13-27)6-2-1-3-7-21)20-25-24-14-26(20)11-15-4-5-15/h8-10,14-15,19H,1-7,11-13H2. The van der Waals surface area contributed by atoms with E-state index in [9.17, 15) is 17.2 Å². The van der Waals surface area contributed by atoms with Crippen molar-refractivity contribution in [2.24, 2.45) is 11.3 Å². The molecule has 0 amide bonds. The molecule has 2 aromatic rings. The van der Waals surface area contributed by atoms with E-state index in [0.717, 1.165) is 56.6 Å². The molecule has 1 aromatic carbocycles. The molecule has 0 radical (unpaired) electrons. The number of sulfonamides is 1. The van der Waals surface area contributed by atoms with Crippen LogP contribution in [0.4, 0.5) is 8.78 Å². The van der Waals surface area contributed by atoms with Crippen molar-refractivity contribution in [2.45, 2.75) is 62.3 Å². The molecule has 1 spiro atoms. The predicted octanol–water partition coefficient (Wildman–Crippen LogP) is 3.70. The molecule has 1 unspecified atom stereocenters. The molecule has 1 saturated heterocycles. The van der Waals surface area contributed by atoms with Crippen LogP contribution in [0.25, 0.3) is 0 Å². The van der Waals surface area contributed by atoms with E-state index in [1.54, 1.807) is 6.33 Å². The van der Waals surface area contributed by atoms with Gasteiger partial charge < -0.3 is 4.57 Å². The molecule has 30 heavy (non-hydrogen) atoms. The number of benzene rings is 1. The molecule has 1 aliphatic heterocycles. The quantitative estimate of drug-likeness (QED) is 0.717. The molecule has 6 nitrogen and oxygen atoms in total. The smallest absolute Gasteiger partial charge is 0.243 e. The Hall–Kier alpha value is -1.87. The van der Waals surface area contributed by atoms with E-state index in [4.69, 9.17) is 0 Å².